The standard InChI is InChI=1S/C21H29N3O/c1-5-20(23-3)18(22)15-17(13-10-14-25)19(21(20,6-2)24-4)16-11-8-7-9-12-16/h7-15,23-24H,5-6,22H2,1-4H3. The quantitative estimate of drug-likeness (QED) is 0.528. The summed E-state index contributed by atoms with van der Waals surface area (Å²) >= 11 is 0. The van der Waals surface area contributed by atoms with Crippen molar-refractivity contribution in [2.75, 3.05) is 14.1 Å². The average Bonchev–Trinajstić information content (AvgIpc) is 2.66. The number of nitrogens with two attached hydrogens (primary N) is 1. The second kappa shape index (κ2) is 7.81. The van der Waals surface area contributed by atoms with Gasteiger partial charge in [-0.25, -0.2) is 0 Å². The molecule has 4 nitrogen and oxygen atoms in total. The highest BCUT2D eigenvalue weighted by atomic mass is 16.1. The molecule has 0 radical (unpaired) electrons. The molecule has 0 heterocycles. The summed E-state index contributed by atoms with van der Waals surface area (Å²) in [5, 5.41) is 7.08. The SMILES string of the molecule is CCC1(NC)C(N)=CC(C=CC=O)=C(c2ccccc2)C1(CC)NC. The van der Waals surface area contributed by atoms with Crippen LogP contribution in [0.25, 0.3) is 5.57 Å². The molecule has 1 aromatic carbocycles. The van der Waals surface area contributed by atoms with E-state index in [1.165, 1.54) is 6.08 Å². The van der Waals surface area contributed by atoms with E-state index in [1.54, 1.807) is 0 Å². The van der Waals surface area contributed by atoms with Gasteiger partial charge in [0.25, 0.3) is 0 Å². The zero-order chi connectivity index (χ0) is 18.5. The lowest BCUT2D eigenvalue weighted by Gasteiger charge is -2.54. The summed E-state index contributed by atoms with van der Waals surface area (Å²) in [5.74, 6) is 0. The molecule has 2 atom stereocenters. The molecule has 0 aromatic heterocycles. The first-order chi connectivity index (χ1) is 12.1. The Morgan fingerprint density at radius 3 is 2.12 bits per heavy atom. The van der Waals surface area contributed by atoms with E-state index in [0.29, 0.717) is 0 Å². The summed E-state index contributed by atoms with van der Waals surface area (Å²) in [5.41, 5.74) is 9.77. The summed E-state index contributed by atoms with van der Waals surface area (Å²) in [6, 6.07) is 10.3. The number of aldehydes is 1. The van der Waals surface area contributed by atoms with Gasteiger partial charge in [0, 0.05) is 5.70 Å². The molecule has 0 aliphatic heterocycles. The van der Waals surface area contributed by atoms with Crippen LogP contribution in [0, 0.1) is 0 Å². The third-order valence-electron chi connectivity index (χ3n) is 5.58. The van der Waals surface area contributed by atoms with Crippen molar-refractivity contribution in [1.29, 1.82) is 0 Å². The average molecular weight is 339 g/mol. The Kier molecular flexibility index (Phi) is 5.98. The van der Waals surface area contributed by atoms with Gasteiger partial charge in [-0.1, -0.05) is 50.3 Å². The highest BCUT2D eigenvalue weighted by molar-refractivity contribution is 5.85. The van der Waals surface area contributed by atoms with Gasteiger partial charge in [-0.05, 0) is 55.8 Å². The zero-order valence-electron chi connectivity index (χ0n) is 15.6. The molecule has 25 heavy (non-hydrogen) atoms. The van der Waals surface area contributed by atoms with Crippen LogP contribution in [0.15, 0.2) is 59.8 Å². The lowest BCUT2D eigenvalue weighted by molar-refractivity contribution is -0.104. The van der Waals surface area contributed by atoms with Gasteiger partial charge in [0.05, 0.1) is 11.1 Å². The second-order valence-corrected chi connectivity index (χ2v) is 6.31. The smallest absolute Gasteiger partial charge is 0.142 e. The van der Waals surface area contributed by atoms with E-state index < -0.39 is 11.1 Å². The Hall–Kier alpha value is -2.17. The molecule has 134 valence electrons. The van der Waals surface area contributed by atoms with Crippen molar-refractivity contribution in [2.24, 2.45) is 5.73 Å². The van der Waals surface area contributed by atoms with E-state index in [1.807, 2.05) is 44.4 Å². The first-order valence-corrected chi connectivity index (χ1v) is 8.84. The van der Waals surface area contributed by atoms with E-state index >= 15 is 0 Å². The third kappa shape index (κ3) is 2.86. The van der Waals surface area contributed by atoms with Gasteiger partial charge in [0.1, 0.15) is 6.29 Å². The fraction of sp³-hybridized carbons (Fsp3) is 0.381. The van der Waals surface area contributed by atoms with Gasteiger partial charge >= 0.3 is 0 Å². The van der Waals surface area contributed by atoms with Crippen LogP contribution in [0.2, 0.25) is 0 Å². The van der Waals surface area contributed by atoms with Crippen molar-refractivity contribution in [3.05, 3.63) is 65.4 Å². The molecule has 0 amide bonds. The highest BCUT2D eigenvalue weighted by Crippen LogP contribution is 2.48. The maximum absolute atomic E-state index is 10.9. The number of carbonyl (C=O) groups is 1. The molecule has 0 fully saturated rings. The summed E-state index contributed by atoms with van der Waals surface area (Å²) < 4.78 is 0. The van der Waals surface area contributed by atoms with Crippen molar-refractivity contribution in [3.63, 3.8) is 0 Å². The van der Waals surface area contributed by atoms with Crippen molar-refractivity contribution < 1.29 is 4.79 Å². The number of rotatable bonds is 7. The normalized spacial score (nSPS) is 26.8. The second-order valence-electron chi connectivity index (χ2n) is 6.31. The van der Waals surface area contributed by atoms with Crippen LogP contribution in [0.3, 0.4) is 0 Å². The number of likely N-dealkylation sites (N-methyl/N-ethyl adjacent to an activating group) is 2. The first kappa shape index (κ1) is 19.2. The lowest BCUT2D eigenvalue weighted by atomic mass is 9.61. The van der Waals surface area contributed by atoms with E-state index in [2.05, 4.69) is 36.6 Å². The molecule has 1 aromatic rings. The molecule has 1 aliphatic rings. The van der Waals surface area contributed by atoms with Crippen molar-refractivity contribution in [2.45, 2.75) is 37.8 Å². The number of hydrogen-bond donors (Lipinski definition) is 3. The number of carbonyl (C=O) groups excluding carboxylic acids is 1. The van der Waals surface area contributed by atoms with Crippen LogP contribution >= 0.6 is 0 Å². The molecule has 2 rings (SSSR count). The summed E-state index contributed by atoms with van der Waals surface area (Å²) in [6.07, 6.45) is 7.84. The maximum Gasteiger partial charge on any atom is 0.142 e. The molecule has 4 heteroatoms. The molecule has 0 spiro atoms. The van der Waals surface area contributed by atoms with Gasteiger partial charge in [-0.15, -0.1) is 0 Å². The van der Waals surface area contributed by atoms with Crippen molar-refractivity contribution >= 4 is 11.9 Å². The van der Waals surface area contributed by atoms with Crippen LogP contribution in [0.1, 0.15) is 32.3 Å². The van der Waals surface area contributed by atoms with Crippen LogP contribution in [-0.4, -0.2) is 31.5 Å². The minimum atomic E-state index is -0.416. The summed E-state index contributed by atoms with van der Waals surface area (Å²) in [6.45, 7) is 4.31. The van der Waals surface area contributed by atoms with Crippen molar-refractivity contribution in [1.82, 2.24) is 10.6 Å². The van der Waals surface area contributed by atoms with E-state index in [9.17, 15) is 4.79 Å². The molecule has 2 unspecified atom stereocenters. The molecular weight excluding hydrogens is 310 g/mol. The van der Waals surface area contributed by atoms with Crippen LogP contribution in [0.5, 0.6) is 0 Å². The number of allylic oxidation sites excluding steroid dienone is 4. The summed E-state index contributed by atoms with van der Waals surface area (Å²) in [4.78, 5) is 10.9. The molecule has 4 N–H and O–H groups in total. The van der Waals surface area contributed by atoms with Gasteiger partial charge in [-0.2, -0.15) is 0 Å². The lowest BCUT2D eigenvalue weighted by Crippen LogP contribution is -2.71. The minimum Gasteiger partial charge on any atom is -0.400 e. The van der Waals surface area contributed by atoms with Gasteiger partial charge < -0.3 is 16.4 Å². The van der Waals surface area contributed by atoms with Crippen LogP contribution in [0.4, 0.5) is 0 Å². The topological polar surface area (TPSA) is 67.1 Å². The molecular formula is C21H29N3O. The Balaban J connectivity index is 2.91. The van der Waals surface area contributed by atoms with E-state index in [-0.39, 0.29) is 0 Å². The fourth-order valence-corrected chi connectivity index (χ4v) is 4.40. The highest BCUT2D eigenvalue weighted by Gasteiger charge is 2.54. The number of hydrogen-bond acceptors (Lipinski definition) is 4. The molecule has 0 bridgehead atoms. The van der Waals surface area contributed by atoms with Crippen LogP contribution < -0.4 is 16.4 Å². The molecule has 0 saturated heterocycles. The fourth-order valence-electron chi connectivity index (χ4n) is 4.40. The predicted octanol–water partition coefficient (Wildman–Crippen LogP) is 2.79. The predicted molar refractivity (Wildman–Crippen MR) is 105 cm³/mol. The number of benzene rings is 1. The number of nitrogens with one attached hydrogen (secondary N) is 2. The Morgan fingerprint density at radius 2 is 1.64 bits per heavy atom. The molecule has 1 aliphatic carbocycles. The minimum absolute atomic E-state index is 0.404. The van der Waals surface area contributed by atoms with Crippen molar-refractivity contribution in [3.8, 4) is 0 Å². The Morgan fingerprint density at radius 1 is 1.04 bits per heavy atom. The largest absolute Gasteiger partial charge is 0.400 e. The third-order valence-corrected chi connectivity index (χ3v) is 5.58. The van der Waals surface area contributed by atoms with E-state index in [0.717, 1.165) is 41.5 Å². The summed E-state index contributed by atoms with van der Waals surface area (Å²) in [7, 11) is 3.94. The zero-order valence-corrected chi connectivity index (χ0v) is 15.6. The van der Waals surface area contributed by atoms with Gasteiger partial charge in [0.2, 0.25) is 0 Å². The molecule has 0 saturated carbocycles. The Labute approximate surface area is 150 Å². The Bertz CT molecular complexity index is 693. The maximum atomic E-state index is 10.9. The monoisotopic (exact) mass is 339 g/mol. The van der Waals surface area contributed by atoms with Crippen LogP contribution in [-0.2, 0) is 4.79 Å². The first-order valence-electron chi connectivity index (χ1n) is 8.84. The van der Waals surface area contributed by atoms with Gasteiger partial charge in [0.15, 0.2) is 0 Å². The van der Waals surface area contributed by atoms with Gasteiger partial charge in [-0.3, -0.25) is 4.79 Å². The van der Waals surface area contributed by atoms with E-state index in [4.69, 9.17) is 5.73 Å².